The molecule has 0 aromatic heterocycles. The number of nitro benzene ring substituents is 1. The Morgan fingerprint density at radius 1 is 0.810 bits per heavy atom. The van der Waals surface area contributed by atoms with Gasteiger partial charge in [-0.05, 0) is 48.7 Å². The lowest BCUT2D eigenvalue weighted by molar-refractivity contribution is -0.385. The molecule has 6 N–H and O–H groups in total. The number of hydrogen-bond donors (Lipinski definition) is 6. The van der Waals surface area contributed by atoms with Crippen LogP contribution in [0.3, 0.4) is 0 Å². The fourth-order valence-electron chi connectivity index (χ4n) is 6.09. The average Bonchev–Trinajstić information content (AvgIpc) is 2.96. The molecule has 4 aromatic rings. The van der Waals surface area contributed by atoms with Crippen molar-refractivity contribution in [2.45, 2.75) is 37.1 Å². The van der Waals surface area contributed by atoms with Gasteiger partial charge in [0.2, 0.25) is 0 Å². The van der Waals surface area contributed by atoms with Gasteiger partial charge in [-0.2, -0.15) is 0 Å². The molecule has 214 valence electrons. The van der Waals surface area contributed by atoms with Crippen LogP contribution >= 0.6 is 0 Å². The van der Waals surface area contributed by atoms with Crippen molar-refractivity contribution in [1.82, 2.24) is 0 Å². The number of phenolic OH excluding ortho intramolecular Hbond substituents is 6. The zero-order chi connectivity index (χ0) is 29.5. The van der Waals surface area contributed by atoms with Crippen molar-refractivity contribution in [3.05, 3.63) is 92.5 Å². The number of ether oxygens (including phenoxy) is 3. The van der Waals surface area contributed by atoms with Gasteiger partial charge >= 0.3 is 0 Å². The van der Waals surface area contributed by atoms with Crippen LogP contribution in [0.5, 0.6) is 51.7 Å². The third-order valence-electron chi connectivity index (χ3n) is 8.11. The molecule has 0 unspecified atom stereocenters. The highest BCUT2D eigenvalue weighted by molar-refractivity contribution is 5.66. The van der Waals surface area contributed by atoms with Crippen molar-refractivity contribution in [1.29, 1.82) is 0 Å². The van der Waals surface area contributed by atoms with Crippen molar-refractivity contribution in [3.8, 4) is 51.7 Å². The number of phenols is 6. The lowest BCUT2D eigenvalue weighted by atomic mass is 9.76. The summed E-state index contributed by atoms with van der Waals surface area (Å²) >= 11 is 0. The number of hydrogen-bond acceptors (Lipinski definition) is 11. The van der Waals surface area contributed by atoms with Gasteiger partial charge in [-0.3, -0.25) is 10.1 Å². The second-order valence-electron chi connectivity index (χ2n) is 10.6. The van der Waals surface area contributed by atoms with Crippen LogP contribution in [-0.4, -0.2) is 35.6 Å². The summed E-state index contributed by atoms with van der Waals surface area (Å²) in [5.74, 6) is -4.20. The van der Waals surface area contributed by atoms with Gasteiger partial charge in [0, 0.05) is 52.8 Å². The first kappa shape index (κ1) is 25.4. The molecule has 0 fully saturated rings. The third kappa shape index (κ3) is 3.68. The molecular weight excluding hydrogens is 550 g/mol. The molecular formula is C30H23NO11. The second kappa shape index (κ2) is 8.74. The summed E-state index contributed by atoms with van der Waals surface area (Å²) in [7, 11) is 0. The van der Waals surface area contributed by atoms with E-state index in [1.54, 1.807) is 6.07 Å². The van der Waals surface area contributed by atoms with Gasteiger partial charge < -0.3 is 44.8 Å². The summed E-state index contributed by atoms with van der Waals surface area (Å²) in [5.41, 5.74) is 2.09. The summed E-state index contributed by atoms with van der Waals surface area (Å²) in [6.07, 6.45) is 0.327. The average molecular weight is 574 g/mol. The van der Waals surface area contributed by atoms with Crippen LogP contribution in [0.2, 0.25) is 0 Å². The van der Waals surface area contributed by atoms with E-state index in [1.165, 1.54) is 48.5 Å². The van der Waals surface area contributed by atoms with Crippen LogP contribution in [0.15, 0.2) is 54.6 Å². The molecule has 3 aliphatic heterocycles. The zero-order valence-corrected chi connectivity index (χ0v) is 21.6. The number of rotatable bonds is 3. The quantitative estimate of drug-likeness (QED) is 0.109. The summed E-state index contributed by atoms with van der Waals surface area (Å²) in [5, 5.41) is 73.1. The fourth-order valence-corrected chi connectivity index (χ4v) is 6.09. The predicted octanol–water partition coefficient (Wildman–Crippen LogP) is 5.05. The number of fused-ring (bicyclic) bond motifs is 8. The van der Waals surface area contributed by atoms with E-state index >= 15 is 0 Å². The molecule has 7 rings (SSSR count). The van der Waals surface area contributed by atoms with E-state index in [0.29, 0.717) is 40.8 Å². The van der Waals surface area contributed by atoms with Gasteiger partial charge in [0.25, 0.3) is 11.5 Å². The Labute approximate surface area is 237 Å². The third-order valence-corrected chi connectivity index (χ3v) is 8.11. The van der Waals surface area contributed by atoms with Crippen LogP contribution in [0.4, 0.5) is 5.69 Å². The topological polar surface area (TPSA) is 192 Å². The summed E-state index contributed by atoms with van der Waals surface area (Å²) in [6.45, 7) is 0. The van der Waals surface area contributed by atoms with Gasteiger partial charge in [-0.1, -0.05) is 6.07 Å². The van der Waals surface area contributed by atoms with Crippen molar-refractivity contribution in [2.75, 3.05) is 0 Å². The molecule has 12 nitrogen and oxygen atoms in total. The van der Waals surface area contributed by atoms with Crippen LogP contribution < -0.4 is 14.2 Å². The Balaban J connectivity index is 1.43. The maximum Gasteiger partial charge on any atom is 0.279 e. The summed E-state index contributed by atoms with van der Waals surface area (Å²) in [6, 6.07) is 12.3. The first-order valence-electron chi connectivity index (χ1n) is 13.0. The molecule has 3 atom stereocenters. The maximum atomic E-state index is 11.7. The van der Waals surface area contributed by atoms with Gasteiger partial charge in [0.1, 0.15) is 29.1 Å². The molecule has 0 saturated heterocycles. The van der Waals surface area contributed by atoms with Gasteiger partial charge in [0.05, 0.1) is 4.92 Å². The largest absolute Gasteiger partial charge is 0.507 e. The van der Waals surface area contributed by atoms with E-state index < -0.39 is 40.0 Å². The van der Waals surface area contributed by atoms with Gasteiger partial charge in [0.15, 0.2) is 28.7 Å². The Morgan fingerprint density at radius 2 is 1.55 bits per heavy atom. The van der Waals surface area contributed by atoms with Crippen molar-refractivity contribution in [2.24, 2.45) is 0 Å². The van der Waals surface area contributed by atoms with Gasteiger partial charge in [-0.25, -0.2) is 0 Å². The fraction of sp³-hybridized carbons (Fsp3) is 0.200. The highest BCUT2D eigenvalue weighted by Gasteiger charge is 2.52. The Morgan fingerprint density at radius 3 is 2.26 bits per heavy atom. The SMILES string of the molecule is O=[N+]([O-])c1ccc2c(c1)[C@@H]1C[C@](c3cc(O)c(O)c(O)c3)(O2)Oc2cc(O)c3c(c21)O[C@@H](c1ccc(O)c(O)c1)CC3. The standard InChI is InChI=1S/C30H23NO11/c32-19-4-1-13(7-21(19)34)24-6-3-16-20(33)11-26-27(29(16)40-24)18-12-30(42-26,14-8-22(35)28(37)23(36)9-14)41-25-5-2-15(31(38)39)10-17(18)25/h1-2,4-5,7-11,18,24,32-37H,3,6,12H2/t18-,24+,30-/m0/s1. The predicted molar refractivity (Wildman–Crippen MR) is 143 cm³/mol. The molecule has 3 heterocycles. The highest BCUT2D eigenvalue weighted by atomic mass is 16.7. The lowest BCUT2D eigenvalue weighted by Gasteiger charge is -2.47. The molecule has 42 heavy (non-hydrogen) atoms. The monoisotopic (exact) mass is 573 g/mol. The van der Waals surface area contributed by atoms with E-state index in [1.807, 2.05) is 0 Å². The first-order chi connectivity index (χ1) is 20.0. The minimum absolute atomic E-state index is 0.0308. The number of aromatic hydroxyl groups is 6. The Kier molecular flexibility index (Phi) is 5.29. The second-order valence-corrected chi connectivity index (χ2v) is 10.6. The molecule has 0 amide bonds. The Bertz CT molecular complexity index is 1800. The van der Waals surface area contributed by atoms with Crippen molar-refractivity contribution in [3.63, 3.8) is 0 Å². The van der Waals surface area contributed by atoms with Gasteiger partial charge in [-0.15, -0.1) is 0 Å². The first-order valence-corrected chi connectivity index (χ1v) is 13.0. The molecule has 12 heteroatoms. The van der Waals surface area contributed by atoms with Crippen LogP contribution in [0.1, 0.15) is 52.7 Å². The Hall–Kier alpha value is -5.52. The molecule has 3 aliphatic rings. The van der Waals surface area contributed by atoms with E-state index in [0.717, 1.165) is 0 Å². The van der Waals surface area contributed by atoms with E-state index in [9.17, 15) is 40.8 Å². The molecule has 2 bridgehead atoms. The smallest absolute Gasteiger partial charge is 0.279 e. The van der Waals surface area contributed by atoms with E-state index in [4.69, 9.17) is 14.2 Å². The zero-order valence-electron chi connectivity index (χ0n) is 21.6. The number of benzene rings is 4. The molecule has 0 aliphatic carbocycles. The minimum atomic E-state index is -1.67. The lowest BCUT2D eigenvalue weighted by Crippen LogP contribution is -2.47. The van der Waals surface area contributed by atoms with E-state index in [-0.39, 0.29) is 46.4 Å². The van der Waals surface area contributed by atoms with Crippen LogP contribution in [-0.2, 0) is 12.2 Å². The molecule has 0 radical (unpaired) electrons. The van der Waals surface area contributed by atoms with Crippen molar-refractivity contribution >= 4 is 5.69 Å². The molecule has 4 aromatic carbocycles. The number of non-ortho nitro benzene ring substituents is 1. The summed E-state index contributed by atoms with van der Waals surface area (Å²) < 4.78 is 19.2. The maximum absolute atomic E-state index is 11.7. The van der Waals surface area contributed by atoms with Crippen molar-refractivity contribution < 1.29 is 49.8 Å². The number of nitrogens with zero attached hydrogens (tertiary/aromatic N) is 1. The normalized spacial score (nSPS) is 21.5. The molecule has 0 spiro atoms. The number of nitro groups is 1. The van der Waals surface area contributed by atoms with Crippen LogP contribution in [0.25, 0.3) is 0 Å². The van der Waals surface area contributed by atoms with Crippen LogP contribution in [0, 0.1) is 10.1 Å². The van der Waals surface area contributed by atoms with E-state index in [2.05, 4.69) is 0 Å². The summed E-state index contributed by atoms with van der Waals surface area (Å²) in [4.78, 5) is 11.2. The highest BCUT2D eigenvalue weighted by Crippen LogP contribution is 2.61. The molecule has 0 saturated carbocycles. The minimum Gasteiger partial charge on any atom is -0.507 e.